The average Bonchev–Trinajstić information content (AvgIpc) is 3.04. The van der Waals surface area contributed by atoms with Gasteiger partial charge in [-0.05, 0) is 25.3 Å². The average molecular weight is 287 g/mol. The van der Waals surface area contributed by atoms with E-state index in [-0.39, 0.29) is 0 Å². The van der Waals surface area contributed by atoms with E-state index < -0.39 is 0 Å². The van der Waals surface area contributed by atoms with Gasteiger partial charge in [0.2, 0.25) is 0 Å². The maximum Gasteiger partial charge on any atom is 0.162 e. The van der Waals surface area contributed by atoms with Crippen molar-refractivity contribution in [2.24, 2.45) is 0 Å². The second-order valence-electron chi connectivity index (χ2n) is 4.76. The predicted octanol–water partition coefficient (Wildman–Crippen LogP) is 4.50. The molecule has 0 aliphatic heterocycles. The molecule has 19 heavy (non-hydrogen) atoms. The monoisotopic (exact) mass is 286 g/mol. The summed E-state index contributed by atoms with van der Waals surface area (Å²) in [6, 6.07) is 8.34. The highest BCUT2D eigenvalue weighted by atomic mass is 35.5. The molecule has 0 saturated heterocycles. The van der Waals surface area contributed by atoms with Gasteiger partial charge in [0.05, 0.1) is 0 Å². The number of nitrogens with zero attached hydrogens (tertiary/aromatic N) is 2. The molecule has 0 radical (unpaired) electrons. The minimum atomic E-state index is 0.632. The minimum Gasteiger partial charge on any atom is -0.233 e. The lowest BCUT2D eigenvalue weighted by Crippen LogP contribution is -1.96. The third-order valence-corrected chi connectivity index (χ3v) is 4.88. The Morgan fingerprint density at radius 1 is 1.11 bits per heavy atom. The lowest BCUT2D eigenvalue weighted by atomic mass is 10.1. The van der Waals surface area contributed by atoms with Crippen molar-refractivity contribution < 1.29 is 0 Å². The van der Waals surface area contributed by atoms with Crippen LogP contribution in [0.15, 0.2) is 29.6 Å². The number of benzene rings is 1. The molecule has 0 unspecified atom stereocenters. The minimum absolute atomic E-state index is 0.632. The zero-order valence-electron chi connectivity index (χ0n) is 10.2. The summed E-state index contributed by atoms with van der Waals surface area (Å²) in [5.74, 6) is 0.767. The summed E-state index contributed by atoms with van der Waals surface area (Å²) in [7, 11) is 0. The van der Waals surface area contributed by atoms with E-state index in [2.05, 4.69) is 28.6 Å². The van der Waals surface area contributed by atoms with Gasteiger partial charge in [0.1, 0.15) is 5.15 Å². The van der Waals surface area contributed by atoms with Crippen molar-refractivity contribution in [3.05, 3.63) is 46.1 Å². The lowest BCUT2D eigenvalue weighted by Gasteiger charge is -2.04. The highest BCUT2D eigenvalue weighted by molar-refractivity contribution is 7.17. The zero-order valence-corrected chi connectivity index (χ0v) is 11.8. The number of fused-ring (bicyclic) bond motifs is 2. The zero-order chi connectivity index (χ0) is 12.8. The first kappa shape index (κ1) is 11.4. The molecule has 1 aliphatic rings. The molecule has 0 spiro atoms. The Hall–Kier alpha value is -1.45. The Morgan fingerprint density at radius 3 is 2.95 bits per heavy atom. The van der Waals surface area contributed by atoms with Gasteiger partial charge in [-0.15, -0.1) is 11.3 Å². The van der Waals surface area contributed by atoms with E-state index in [1.807, 2.05) is 6.07 Å². The van der Waals surface area contributed by atoms with Crippen molar-refractivity contribution >= 4 is 33.0 Å². The normalized spacial score (nSPS) is 13.9. The smallest absolute Gasteiger partial charge is 0.162 e. The van der Waals surface area contributed by atoms with E-state index in [9.17, 15) is 0 Å². The van der Waals surface area contributed by atoms with Crippen LogP contribution in [0.2, 0.25) is 5.15 Å². The first-order valence-corrected chi connectivity index (χ1v) is 7.60. The fourth-order valence-corrected chi connectivity index (χ4v) is 3.88. The van der Waals surface area contributed by atoms with Crippen LogP contribution in [-0.4, -0.2) is 9.97 Å². The van der Waals surface area contributed by atoms with Gasteiger partial charge < -0.3 is 0 Å². The van der Waals surface area contributed by atoms with Crippen LogP contribution >= 0.6 is 22.9 Å². The second-order valence-corrected chi connectivity index (χ2v) is 6.03. The molecule has 0 N–H and O–H groups in total. The summed E-state index contributed by atoms with van der Waals surface area (Å²) < 4.78 is 1.26. The fourth-order valence-electron chi connectivity index (χ4n) is 2.66. The van der Waals surface area contributed by atoms with Gasteiger partial charge >= 0.3 is 0 Å². The summed E-state index contributed by atoms with van der Waals surface area (Å²) in [6.07, 6.45) is 3.17. The topological polar surface area (TPSA) is 25.8 Å². The maximum absolute atomic E-state index is 6.30. The van der Waals surface area contributed by atoms with Gasteiger partial charge in [-0.1, -0.05) is 29.8 Å². The third-order valence-electron chi connectivity index (χ3n) is 3.60. The van der Waals surface area contributed by atoms with Crippen molar-refractivity contribution in [3.63, 3.8) is 0 Å². The maximum atomic E-state index is 6.30. The molecule has 4 rings (SSSR count). The van der Waals surface area contributed by atoms with Crippen LogP contribution in [0.1, 0.15) is 17.7 Å². The van der Waals surface area contributed by atoms with Crippen LogP contribution in [0.25, 0.3) is 21.5 Å². The van der Waals surface area contributed by atoms with Crippen molar-refractivity contribution in [2.45, 2.75) is 19.3 Å². The van der Waals surface area contributed by atoms with Crippen LogP contribution in [0.4, 0.5) is 0 Å². The van der Waals surface area contributed by atoms with Gasteiger partial charge in [-0.25, -0.2) is 9.97 Å². The van der Waals surface area contributed by atoms with Gasteiger partial charge in [-0.3, -0.25) is 0 Å². The van der Waals surface area contributed by atoms with E-state index in [0.717, 1.165) is 41.9 Å². The van der Waals surface area contributed by atoms with Crippen LogP contribution in [0.3, 0.4) is 0 Å². The largest absolute Gasteiger partial charge is 0.233 e. The number of hydrogen-bond acceptors (Lipinski definition) is 3. The summed E-state index contributed by atoms with van der Waals surface area (Å²) in [4.78, 5) is 9.22. The summed E-state index contributed by atoms with van der Waals surface area (Å²) in [5.41, 5.74) is 3.37. The molecule has 2 heterocycles. The Kier molecular flexibility index (Phi) is 2.57. The number of aromatic nitrogens is 2. The molecule has 0 fully saturated rings. The highest BCUT2D eigenvalue weighted by Crippen LogP contribution is 2.34. The summed E-state index contributed by atoms with van der Waals surface area (Å²) >= 11 is 8.02. The molecule has 1 aromatic carbocycles. The first-order chi connectivity index (χ1) is 9.33. The Bertz CT molecular complexity index is 779. The number of halogens is 1. The number of aryl methyl sites for hydroxylation is 1. The Labute approximate surface area is 120 Å². The number of thiophene rings is 1. The van der Waals surface area contributed by atoms with Gasteiger partial charge in [0.15, 0.2) is 5.82 Å². The molecule has 94 valence electrons. The van der Waals surface area contributed by atoms with Crippen LogP contribution in [0, 0.1) is 0 Å². The molecule has 1 aliphatic carbocycles. The van der Waals surface area contributed by atoms with E-state index in [0.29, 0.717) is 5.15 Å². The first-order valence-electron chi connectivity index (χ1n) is 6.35. The van der Waals surface area contributed by atoms with Crippen LogP contribution in [-0.2, 0) is 12.8 Å². The highest BCUT2D eigenvalue weighted by Gasteiger charge is 2.19. The fraction of sp³-hybridized carbons (Fsp3) is 0.200. The molecule has 0 atom stereocenters. The third kappa shape index (κ3) is 1.77. The number of hydrogen-bond donors (Lipinski definition) is 0. The summed E-state index contributed by atoms with van der Waals surface area (Å²) in [6.45, 7) is 0. The Balaban J connectivity index is 1.95. The van der Waals surface area contributed by atoms with Crippen molar-refractivity contribution in [2.75, 3.05) is 0 Å². The SMILES string of the molecule is Clc1nc(-c2csc3ccccc23)nc2c1CCC2. The van der Waals surface area contributed by atoms with Gasteiger partial charge in [0.25, 0.3) is 0 Å². The molecule has 2 nitrogen and oxygen atoms in total. The molecular formula is C15H11ClN2S. The second kappa shape index (κ2) is 4.29. The molecular weight excluding hydrogens is 276 g/mol. The van der Waals surface area contributed by atoms with E-state index in [1.165, 1.54) is 10.1 Å². The molecule has 0 saturated carbocycles. The van der Waals surface area contributed by atoms with Gasteiger partial charge in [0, 0.05) is 32.3 Å². The van der Waals surface area contributed by atoms with Crippen molar-refractivity contribution in [1.82, 2.24) is 9.97 Å². The molecule has 0 bridgehead atoms. The quantitative estimate of drug-likeness (QED) is 0.616. The van der Waals surface area contributed by atoms with Gasteiger partial charge in [-0.2, -0.15) is 0 Å². The predicted molar refractivity (Wildman–Crippen MR) is 79.9 cm³/mol. The van der Waals surface area contributed by atoms with E-state index >= 15 is 0 Å². The molecule has 4 heteroatoms. The molecule has 3 aromatic rings. The molecule has 2 aromatic heterocycles. The summed E-state index contributed by atoms with van der Waals surface area (Å²) in [5, 5.41) is 3.96. The van der Waals surface area contributed by atoms with E-state index in [4.69, 9.17) is 16.6 Å². The van der Waals surface area contributed by atoms with Crippen LogP contribution < -0.4 is 0 Å². The number of rotatable bonds is 1. The standard InChI is InChI=1S/C15H11ClN2S/c16-14-10-5-3-6-12(10)17-15(18-14)11-8-19-13-7-2-1-4-9(11)13/h1-2,4,7-8H,3,5-6H2. The Morgan fingerprint density at radius 2 is 2.00 bits per heavy atom. The lowest BCUT2D eigenvalue weighted by molar-refractivity contribution is 0.900. The van der Waals surface area contributed by atoms with E-state index in [1.54, 1.807) is 11.3 Å². The molecule has 0 amide bonds. The van der Waals surface area contributed by atoms with Crippen molar-refractivity contribution in [3.8, 4) is 11.4 Å². The van der Waals surface area contributed by atoms with Crippen molar-refractivity contribution in [1.29, 1.82) is 0 Å². The van der Waals surface area contributed by atoms with Crippen LogP contribution in [0.5, 0.6) is 0 Å².